The van der Waals surface area contributed by atoms with Crippen molar-refractivity contribution in [3.05, 3.63) is 52.4 Å². The van der Waals surface area contributed by atoms with Crippen molar-refractivity contribution in [3.63, 3.8) is 0 Å². The molecule has 1 aromatic carbocycles. The molecule has 1 atom stereocenters. The van der Waals surface area contributed by atoms with Gasteiger partial charge in [-0.25, -0.2) is 0 Å². The van der Waals surface area contributed by atoms with Crippen LogP contribution in [0.2, 0.25) is 0 Å². The van der Waals surface area contributed by atoms with Gasteiger partial charge in [-0.3, -0.25) is 9.59 Å². The monoisotopic (exact) mass is 341 g/mol. The van der Waals surface area contributed by atoms with Crippen molar-refractivity contribution in [2.45, 2.75) is 39.7 Å². The maximum Gasteiger partial charge on any atom is 0.292 e. The Morgan fingerprint density at radius 3 is 2.60 bits per heavy atom. The highest BCUT2D eigenvalue weighted by atomic mass is 16.5. The van der Waals surface area contributed by atoms with E-state index in [1.165, 1.54) is 0 Å². The lowest BCUT2D eigenvalue weighted by atomic mass is 10.0. The molecule has 6 nitrogen and oxygen atoms in total. The molecule has 3 rings (SSSR count). The van der Waals surface area contributed by atoms with Gasteiger partial charge in [0.15, 0.2) is 0 Å². The number of aromatic nitrogens is 1. The third kappa shape index (κ3) is 3.73. The molecule has 0 aliphatic carbocycles. The van der Waals surface area contributed by atoms with Crippen molar-refractivity contribution < 1.29 is 14.1 Å². The highest BCUT2D eigenvalue weighted by molar-refractivity contribution is 5.97. The van der Waals surface area contributed by atoms with Crippen LogP contribution in [0.25, 0.3) is 0 Å². The zero-order chi connectivity index (χ0) is 18.0. The Kier molecular flexibility index (Phi) is 4.88. The Morgan fingerprint density at radius 2 is 1.96 bits per heavy atom. The molecule has 0 saturated carbocycles. The molecule has 1 N–H and O–H groups in total. The number of rotatable bonds is 3. The molecule has 2 aromatic rings. The first-order valence-corrected chi connectivity index (χ1v) is 8.55. The minimum absolute atomic E-state index is 0.0618. The average molecular weight is 341 g/mol. The maximum absolute atomic E-state index is 12.7. The van der Waals surface area contributed by atoms with Crippen LogP contribution in [0, 0.1) is 20.8 Å². The molecule has 0 spiro atoms. The highest BCUT2D eigenvalue weighted by Gasteiger charge is 2.28. The van der Waals surface area contributed by atoms with Crippen LogP contribution in [0.5, 0.6) is 0 Å². The van der Waals surface area contributed by atoms with E-state index in [1.54, 1.807) is 17.9 Å². The summed E-state index contributed by atoms with van der Waals surface area (Å²) in [4.78, 5) is 26.9. The first-order chi connectivity index (χ1) is 12.0. The van der Waals surface area contributed by atoms with Crippen molar-refractivity contribution in [1.29, 1.82) is 0 Å². The van der Waals surface area contributed by atoms with Crippen LogP contribution in [0.4, 0.5) is 0 Å². The third-order valence-electron chi connectivity index (χ3n) is 4.59. The topological polar surface area (TPSA) is 75.4 Å². The van der Waals surface area contributed by atoms with Crippen molar-refractivity contribution in [1.82, 2.24) is 15.4 Å². The minimum atomic E-state index is -0.174. The molecule has 2 heterocycles. The Hall–Kier alpha value is -2.63. The molecule has 2 amide bonds. The largest absolute Gasteiger partial charge is 0.351 e. The number of nitrogens with zero attached hydrogens (tertiary/aromatic N) is 2. The first kappa shape index (κ1) is 17.2. The minimum Gasteiger partial charge on any atom is -0.351 e. The molecule has 0 radical (unpaired) electrons. The fourth-order valence-electron chi connectivity index (χ4n) is 3.33. The van der Waals surface area contributed by atoms with E-state index in [2.05, 4.69) is 10.5 Å². The van der Waals surface area contributed by atoms with E-state index in [0.717, 1.165) is 29.5 Å². The Morgan fingerprint density at radius 1 is 1.24 bits per heavy atom. The number of benzene rings is 1. The van der Waals surface area contributed by atoms with Crippen LogP contribution in [0.15, 0.2) is 28.8 Å². The van der Waals surface area contributed by atoms with Crippen molar-refractivity contribution >= 4 is 11.8 Å². The van der Waals surface area contributed by atoms with E-state index in [4.69, 9.17) is 4.52 Å². The van der Waals surface area contributed by atoms with Crippen molar-refractivity contribution in [2.24, 2.45) is 0 Å². The van der Waals surface area contributed by atoms with Crippen LogP contribution < -0.4 is 5.32 Å². The molecule has 0 unspecified atom stereocenters. The smallest absolute Gasteiger partial charge is 0.292 e. The SMILES string of the molecule is Cc1cc(C(=O)N2CCC[C@@H](NC(=O)c3c(C)cccc3C)C2)on1. The van der Waals surface area contributed by atoms with Gasteiger partial charge >= 0.3 is 0 Å². The second-order valence-electron chi connectivity index (χ2n) is 6.66. The molecule has 1 aromatic heterocycles. The molecule has 132 valence electrons. The van der Waals surface area contributed by atoms with Gasteiger partial charge in [0.2, 0.25) is 5.76 Å². The number of amides is 2. The summed E-state index contributed by atoms with van der Waals surface area (Å²) in [6.07, 6.45) is 1.70. The second-order valence-corrected chi connectivity index (χ2v) is 6.66. The zero-order valence-corrected chi connectivity index (χ0v) is 14.8. The fourth-order valence-corrected chi connectivity index (χ4v) is 3.33. The molecule has 1 fully saturated rings. The van der Waals surface area contributed by atoms with Gasteiger partial charge in [-0.1, -0.05) is 23.4 Å². The Bertz CT molecular complexity index is 777. The van der Waals surface area contributed by atoms with Gasteiger partial charge in [0, 0.05) is 30.8 Å². The standard InChI is InChI=1S/C19H23N3O3/c1-12-6-4-7-13(2)17(12)18(23)20-15-8-5-9-22(11-15)19(24)16-10-14(3)21-25-16/h4,6-7,10,15H,5,8-9,11H2,1-3H3,(H,20,23)/t15-/m1/s1. The lowest BCUT2D eigenvalue weighted by Gasteiger charge is -2.32. The quantitative estimate of drug-likeness (QED) is 0.931. The van der Waals surface area contributed by atoms with Gasteiger partial charge in [-0.2, -0.15) is 0 Å². The van der Waals surface area contributed by atoms with E-state index >= 15 is 0 Å². The van der Waals surface area contributed by atoms with Crippen LogP contribution in [0.1, 0.15) is 50.6 Å². The van der Waals surface area contributed by atoms with E-state index in [-0.39, 0.29) is 23.6 Å². The van der Waals surface area contributed by atoms with Crippen molar-refractivity contribution in [3.8, 4) is 0 Å². The summed E-state index contributed by atoms with van der Waals surface area (Å²) in [6, 6.07) is 7.40. The number of aryl methyl sites for hydroxylation is 3. The summed E-state index contributed by atoms with van der Waals surface area (Å²) in [5, 5.41) is 6.85. The lowest BCUT2D eigenvalue weighted by molar-refractivity contribution is 0.0637. The molecule has 25 heavy (non-hydrogen) atoms. The molecular formula is C19H23N3O3. The van der Waals surface area contributed by atoms with Crippen LogP contribution in [-0.4, -0.2) is 41.0 Å². The van der Waals surface area contributed by atoms with Crippen LogP contribution >= 0.6 is 0 Å². The summed E-state index contributed by atoms with van der Waals surface area (Å²) >= 11 is 0. The lowest BCUT2D eigenvalue weighted by Crippen LogP contribution is -2.49. The number of likely N-dealkylation sites (tertiary alicyclic amines) is 1. The summed E-state index contributed by atoms with van der Waals surface area (Å²) in [6.45, 7) is 6.79. The van der Waals surface area contributed by atoms with Crippen LogP contribution in [-0.2, 0) is 0 Å². The molecule has 1 aliphatic rings. The van der Waals surface area contributed by atoms with Gasteiger partial charge in [-0.15, -0.1) is 0 Å². The number of hydrogen-bond donors (Lipinski definition) is 1. The summed E-state index contributed by atoms with van der Waals surface area (Å²) < 4.78 is 5.07. The first-order valence-electron chi connectivity index (χ1n) is 8.55. The average Bonchev–Trinajstić information content (AvgIpc) is 3.00. The number of carbonyl (C=O) groups is 2. The van der Waals surface area contributed by atoms with E-state index < -0.39 is 0 Å². The summed E-state index contributed by atoms with van der Waals surface area (Å²) in [5.74, 6) is -0.00347. The van der Waals surface area contributed by atoms with Gasteiger partial charge in [0.25, 0.3) is 11.8 Å². The summed E-state index contributed by atoms with van der Waals surface area (Å²) in [7, 11) is 0. The molecular weight excluding hydrogens is 318 g/mol. The van der Waals surface area contributed by atoms with E-state index in [1.807, 2.05) is 32.0 Å². The molecule has 1 saturated heterocycles. The summed E-state index contributed by atoms with van der Waals surface area (Å²) in [5.41, 5.74) is 3.31. The predicted octanol–water partition coefficient (Wildman–Crippen LogP) is 2.63. The van der Waals surface area contributed by atoms with E-state index in [9.17, 15) is 9.59 Å². The van der Waals surface area contributed by atoms with Gasteiger partial charge in [-0.05, 0) is 44.7 Å². The Labute approximate surface area is 147 Å². The number of nitrogens with one attached hydrogen (secondary N) is 1. The maximum atomic E-state index is 12.7. The third-order valence-corrected chi connectivity index (χ3v) is 4.59. The number of hydrogen-bond acceptors (Lipinski definition) is 4. The van der Waals surface area contributed by atoms with Gasteiger partial charge in [0.1, 0.15) is 0 Å². The van der Waals surface area contributed by atoms with Crippen LogP contribution in [0.3, 0.4) is 0 Å². The normalized spacial score (nSPS) is 17.4. The van der Waals surface area contributed by atoms with Gasteiger partial charge in [0.05, 0.1) is 5.69 Å². The van der Waals surface area contributed by atoms with Gasteiger partial charge < -0.3 is 14.7 Å². The molecule has 0 bridgehead atoms. The Balaban J connectivity index is 1.67. The zero-order valence-electron chi connectivity index (χ0n) is 14.8. The fraction of sp³-hybridized carbons (Fsp3) is 0.421. The van der Waals surface area contributed by atoms with Crippen molar-refractivity contribution in [2.75, 3.05) is 13.1 Å². The predicted molar refractivity (Wildman–Crippen MR) is 93.5 cm³/mol. The number of piperidine rings is 1. The second kappa shape index (κ2) is 7.09. The number of carbonyl (C=O) groups excluding carboxylic acids is 2. The molecule has 1 aliphatic heterocycles. The molecule has 6 heteroatoms. The van der Waals surface area contributed by atoms with E-state index in [0.29, 0.717) is 18.8 Å². The highest BCUT2D eigenvalue weighted by Crippen LogP contribution is 2.17.